The zero-order chi connectivity index (χ0) is 10.8. The van der Waals surface area contributed by atoms with Crippen LogP contribution in [0.25, 0.3) is 10.9 Å². The number of nitrogens with zero attached hydrogens (tertiary/aromatic N) is 5. The molecule has 0 aromatic rings. The van der Waals surface area contributed by atoms with E-state index in [4.69, 9.17) is 0 Å². The van der Waals surface area contributed by atoms with Crippen molar-refractivity contribution >= 4 is 0 Å². The van der Waals surface area contributed by atoms with Crippen molar-refractivity contribution in [3.63, 3.8) is 0 Å². The maximum Gasteiger partial charge on any atom is 1.00 e. The molecule has 6 nitrogen and oxygen atoms in total. The molecule has 0 amide bonds. The summed E-state index contributed by atoms with van der Waals surface area (Å²) in [6.45, 7) is 4.89. The van der Waals surface area contributed by atoms with Crippen molar-refractivity contribution in [1.82, 2.24) is 20.5 Å². The van der Waals surface area contributed by atoms with Crippen LogP contribution in [0.5, 0.6) is 0 Å². The molecule has 2 saturated heterocycles. The molecule has 7 heteroatoms. The van der Waals surface area contributed by atoms with Gasteiger partial charge < -0.3 is 35.7 Å². The molecule has 0 aromatic heterocycles. The SMILES string of the molecule is C1=CN(C(N2CCC[N-]2)N2CCCN2)[N-]C1.[Au+].[CH3-].[CH3-]. The summed E-state index contributed by atoms with van der Waals surface area (Å²) in [7, 11) is 0. The maximum atomic E-state index is 4.54. The summed E-state index contributed by atoms with van der Waals surface area (Å²) in [5.41, 5.74) is 12.4. The van der Waals surface area contributed by atoms with Gasteiger partial charge in [-0.05, 0) is 19.2 Å². The van der Waals surface area contributed by atoms with Gasteiger partial charge in [-0.2, -0.15) is 0 Å². The molecule has 3 aliphatic rings. The molecule has 0 spiro atoms. The summed E-state index contributed by atoms with van der Waals surface area (Å²) < 4.78 is 0. The van der Waals surface area contributed by atoms with Crippen molar-refractivity contribution < 1.29 is 22.4 Å². The predicted octanol–water partition coefficient (Wildman–Crippen LogP) is 1.49. The molecule has 19 heavy (non-hydrogen) atoms. The minimum absolute atomic E-state index is 0. The first-order valence-corrected chi connectivity index (χ1v) is 6.02. The van der Waals surface area contributed by atoms with E-state index < -0.39 is 0 Å². The molecule has 3 aliphatic heterocycles. The fraction of sp³-hybridized carbons (Fsp3) is 0.667. The van der Waals surface area contributed by atoms with E-state index in [2.05, 4.69) is 38.6 Å². The van der Waals surface area contributed by atoms with Crippen LogP contribution < -0.4 is 5.43 Å². The topological polar surface area (TPSA) is 50.0 Å². The third-order valence-corrected chi connectivity index (χ3v) is 3.11. The van der Waals surface area contributed by atoms with Crippen LogP contribution >= 0.6 is 0 Å². The fourth-order valence-electron chi connectivity index (χ4n) is 2.37. The van der Waals surface area contributed by atoms with E-state index in [0.29, 0.717) is 0 Å². The molecular weight excluding hydrogens is 425 g/mol. The van der Waals surface area contributed by atoms with E-state index in [1.165, 1.54) is 6.42 Å². The van der Waals surface area contributed by atoms with Crippen LogP contribution in [-0.4, -0.2) is 54.0 Å². The van der Waals surface area contributed by atoms with Crippen molar-refractivity contribution in [1.29, 1.82) is 0 Å². The minimum Gasteiger partial charge on any atom is -0.592 e. The maximum absolute atomic E-state index is 4.54. The van der Waals surface area contributed by atoms with Gasteiger partial charge in [0, 0.05) is 13.1 Å². The van der Waals surface area contributed by atoms with E-state index in [1.807, 2.05) is 5.01 Å². The fourth-order valence-corrected chi connectivity index (χ4v) is 2.37. The Kier molecular flexibility index (Phi) is 9.13. The Morgan fingerprint density at radius 1 is 1.11 bits per heavy atom. The van der Waals surface area contributed by atoms with Crippen LogP contribution in [0.2, 0.25) is 0 Å². The zero-order valence-corrected chi connectivity index (χ0v) is 13.9. The molecule has 2 fully saturated rings. The number of hydrogen-bond acceptors (Lipinski definition) is 4. The Hall–Kier alpha value is 0.0803. The normalized spacial score (nSPS) is 24.7. The number of hydrogen-bond donors (Lipinski definition) is 1. The van der Waals surface area contributed by atoms with E-state index in [1.54, 1.807) is 0 Å². The average Bonchev–Trinajstić information content (AvgIpc) is 3.02. The molecular formula is C12H24AuN6-3. The van der Waals surface area contributed by atoms with Gasteiger partial charge in [-0.1, -0.05) is 12.5 Å². The molecule has 3 rings (SSSR count). The predicted molar refractivity (Wildman–Crippen MR) is 74.7 cm³/mol. The summed E-state index contributed by atoms with van der Waals surface area (Å²) in [5.74, 6) is 0. The van der Waals surface area contributed by atoms with Crippen molar-refractivity contribution in [2.24, 2.45) is 0 Å². The van der Waals surface area contributed by atoms with Gasteiger partial charge in [-0.25, -0.2) is 5.01 Å². The van der Waals surface area contributed by atoms with Crippen LogP contribution in [0, 0.1) is 14.9 Å². The van der Waals surface area contributed by atoms with Crippen molar-refractivity contribution in [3.8, 4) is 0 Å². The Balaban J connectivity index is 0.00000108. The second-order valence-corrected chi connectivity index (χ2v) is 4.27. The summed E-state index contributed by atoms with van der Waals surface area (Å²) in [5, 5.41) is 6.42. The van der Waals surface area contributed by atoms with Crippen molar-refractivity contribution in [3.05, 3.63) is 38.0 Å². The first-order valence-electron chi connectivity index (χ1n) is 6.02. The Bertz CT molecular complexity index is 247. The zero-order valence-electron chi connectivity index (χ0n) is 11.7. The van der Waals surface area contributed by atoms with E-state index in [9.17, 15) is 0 Å². The van der Waals surface area contributed by atoms with Gasteiger partial charge in [-0.15, -0.1) is 13.1 Å². The Labute approximate surface area is 133 Å². The summed E-state index contributed by atoms with van der Waals surface area (Å²) in [4.78, 5) is 0. The molecule has 1 atom stereocenters. The van der Waals surface area contributed by atoms with Crippen LogP contribution in [0.1, 0.15) is 12.8 Å². The Morgan fingerprint density at radius 3 is 2.47 bits per heavy atom. The van der Waals surface area contributed by atoms with Crippen molar-refractivity contribution in [2.75, 3.05) is 32.7 Å². The molecule has 0 saturated carbocycles. The summed E-state index contributed by atoms with van der Waals surface area (Å²) in [6.07, 6.45) is 6.62. The quantitative estimate of drug-likeness (QED) is 0.524. The van der Waals surface area contributed by atoms with Gasteiger partial charge in [0.05, 0.1) is 0 Å². The Morgan fingerprint density at radius 2 is 1.95 bits per heavy atom. The van der Waals surface area contributed by atoms with Gasteiger partial charge >= 0.3 is 22.4 Å². The average molecular weight is 449 g/mol. The molecule has 3 heterocycles. The van der Waals surface area contributed by atoms with Crippen LogP contribution in [-0.2, 0) is 22.4 Å². The number of nitrogens with one attached hydrogen (secondary N) is 1. The molecule has 1 N–H and O–H groups in total. The first kappa shape index (κ1) is 19.1. The number of hydrazine groups is 1. The minimum atomic E-state index is 0. The van der Waals surface area contributed by atoms with Gasteiger partial charge in [0.2, 0.25) is 0 Å². The van der Waals surface area contributed by atoms with E-state index >= 15 is 0 Å². The van der Waals surface area contributed by atoms with Crippen LogP contribution in [0.3, 0.4) is 0 Å². The van der Waals surface area contributed by atoms with Gasteiger partial charge in [0.15, 0.2) is 0 Å². The van der Waals surface area contributed by atoms with Crippen LogP contribution in [0.4, 0.5) is 0 Å². The molecule has 0 aliphatic carbocycles. The molecule has 0 aromatic carbocycles. The second-order valence-electron chi connectivity index (χ2n) is 4.27. The molecule has 0 bridgehead atoms. The standard InChI is InChI=1S/C10H18N6.2CH3.Au/c1-4-11-14(7-1)10(15-8-2-5-12-15)16-9-3-6-13-16;;;/h1,7,10,12H,2-6,8-9H2;2*1H3;/q-2;2*-1;+1. The second kappa shape index (κ2) is 9.10. The molecule has 116 valence electrons. The largest absolute Gasteiger partial charge is 1.00 e. The van der Waals surface area contributed by atoms with E-state index in [-0.39, 0.29) is 43.5 Å². The van der Waals surface area contributed by atoms with Crippen LogP contribution in [0.15, 0.2) is 12.3 Å². The van der Waals surface area contributed by atoms with Gasteiger partial charge in [0.1, 0.15) is 6.29 Å². The van der Waals surface area contributed by atoms with Gasteiger partial charge in [-0.3, -0.25) is 5.43 Å². The van der Waals surface area contributed by atoms with Crippen molar-refractivity contribution in [2.45, 2.75) is 19.1 Å². The smallest absolute Gasteiger partial charge is 0.592 e. The number of rotatable bonds is 3. The third kappa shape index (κ3) is 4.27. The van der Waals surface area contributed by atoms with Gasteiger partial charge in [0.25, 0.3) is 0 Å². The molecule has 0 radical (unpaired) electrons. The van der Waals surface area contributed by atoms with E-state index in [0.717, 1.165) is 39.1 Å². The summed E-state index contributed by atoms with van der Waals surface area (Å²) in [6, 6.07) is 0. The third-order valence-electron chi connectivity index (χ3n) is 3.11. The summed E-state index contributed by atoms with van der Waals surface area (Å²) >= 11 is 0. The molecule has 1 unspecified atom stereocenters. The first-order chi connectivity index (χ1) is 7.95. The monoisotopic (exact) mass is 449 g/mol.